The van der Waals surface area contributed by atoms with E-state index in [9.17, 15) is 17.6 Å². The molecule has 0 aromatic heterocycles. The maximum atomic E-state index is 13.2. The lowest BCUT2D eigenvalue weighted by atomic mass is 9.88. The van der Waals surface area contributed by atoms with E-state index in [2.05, 4.69) is 5.16 Å². The van der Waals surface area contributed by atoms with Crippen molar-refractivity contribution < 1.29 is 27.5 Å². The Kier molecular flexibility index (Phi) is 4.27. The molecule has 2 heterocycles. The van der Waals surface area contributed by atoms with E-state index in [4.69, 9.17) is 21.5 Å². The van der Waals surface area contributed by atoms with Crippen molar-refractivity contribution in [2.45, 2.75) is 29.8 Å². The number of benzene rings is 1. The summed E-state index contributed by atoms with van der Waals surface area (Å²) in [6.45, 7) is 0.305. The highest BCUT2D eigenvalue weighted by Crippen LogP contribution is 2.36. The van der Waals surface area contributed by atoms with Gasteiger partial charge in [-0.2, -0.15) is 4.31 Å². The quantitative estimate of drug-likeness (QED) is 0.868. The summed E-state index contributed by atoms with van der Waals surface area (Å²) in [6.07, 6.45) is 0.793. The molecule has 0 amide bonds. The van der Waals surface area contributed by atoms with Crippen LogP contribution in [0, 0.1) is 5.82 Å². The molecule has 10 heteroatoms. The van der Waals surface area contributed by atoms with Crippen molar-refractivity contribution in [2.24, 2.45) is 5.16 Å². The molecule has 2 aliphatic heterocycles. The lowest BCUT2D eigenvalue weighted by molar-refractivity contribution is -0.129. The predicted molar refractivity (Wildman–Crippen MR) is 82.9 cm³/mol. The zero-order chi connectivity index (χ0) is 17.5. The zero-order valence-corrected chi connectivity index (χ0v) is 14.0. The van der Waals surface area contributed by atoms with E-state index in [-0.39, 0.29) is 35.1 Å². The van der Waals surface area contributed by atoms with Crippen LogP contribution in [0.1, 0.15) is 19.3 Å². The van der Waals surface area contributed by atoms with Crippen molar-refractivity contribution in [3.63, 3.8) is 0 Å². The minimum atomic E-state index is -3.80. The molecule has 0 aliphatic carbocycles. The van der Waals surface area contributed by atoms with Crippen molar-refractivity contribution in [3.8, 4) is 0 Å². The summed E-state index contributed by atoms with van der Waals surface area (Å²) in [5.74, 6) is -1.83. The third kappa shape index (κ3) is 2.99. The van der Waals surface area contributed by atoms with Gasteiger partial charge in [0.2, 0.25) is 10.0 Å². The number of nitrogens with zero attached hydrogens (tertiary/aromatic N) is 2. The first kappa shape index (κ1) is 17.1. The SMILES string of the molecule is O=C(O)C1=NOC2(CCN(S(=O)(=O)c3ccc(F)c(Cl)c3)CC2)C1. The van der Waals surface area contributed by atoms with Crippen molar-refractivity contribution in [1.29, 1.82) is 0 Å². The summed E-state index contributed by atoms with van der Waals surface area (Å²) in [5.41, 5.74) is -0.822. The molecule has 0 bridgehead atoms. The van der Waals surface area contributed by atoms with Crippen LogP contribution in [0.15, 0.2) is 28.3 Å². The Balaban J connectivity index is 1.72. The second-order valence-electron chi connectivity index (χ2n) is 5.77. The zero-order valence-electron chi connectivity index (χ0n) is 12.4. The number of rotatable bonds is 3. The van der Waals surface area contributed by atoms with Crippen LogP contribution in [0.5, 0.6) is 0 Å². The average molecular weight is 377 g/mol. The van der Waals surface area contributed by atoms with Gasteiger partial charge in [0.1, 0.15) is 11.4 Å². The van der Waals surface area contributed by atoms with Crippen LogP contribution in [0.2, 0.25) is 5.02 Å². The predicted octanol–water partition coefficient (Wildman–Crippen LogP) is 1.86. The van der Waals surface area contributed by atoms with Crippen LogP contribution in [-0.2, 0) is 19.7 Å². The van der Waals surface area contributed by atoms with Crippen molar-refractivity contribution in [3.05, 3.63) is 29.0 Å². The largest absolute Gasteiger partial charge is 0.477 e. The fraction of sp³-hybridized carbons (Fsp3) is 0.429. The van der Waals surface area contributed by atoms with E-state index >= 15 is 0 Å². The molecule has 1 aromatic rings. The molecule has 0 unspecified atom stereocenters. The molecule has 1 spiro atoms. The third-order valence-electron chi connectivity index (χ3n) is 4.25. The number of carbonyl (C=O) groups is 1. The summed E-state index contributed by atoms with van der Waals surface area (Å²) in [6, 6.07) is 3.25. The topological polar surface area (TPSA) is 96.3 Å². The number of hydrogen-bond donors (Lipinski definition) is 1. The van der Waals surface area contributed by atoms with Crippen LogP contribution >= 0.6 is 11.6 Å². The normalized spacial score (nSPS) is 20.7. The van der Waals surface area contributed by atoms with Gasteiger partial charge in [-0.25, -0.2) is 17.6 Å². The van der Waals surface area contributed by atoms with Gasteiger partial charge in [-0.05, 0) is 18.2 Å². The Morgan fingerprint density at radius 3 is 2.58 bits per heavy atom. The van der Waals surface area contributed by atoms with Crippen LogP contribution in [-0.4, -0.2) is 48.2 Å². The molecule has 0 saturated carbocycles. The first-order valence-electron chi connectivity index (χ1n) is 7.17. The minimum Gasteiger partial charge on any atom is -0.477 e. The Morgan fingerprint density at radius 2 is 2.04 bits per heavy atom. The van der Waals surface area contributed by atoms with Crippen LogP contribution in [0.4, 0.5) is 4.39 Å². The van der Waals surface area contributed by atoms with Crippen LogP contribution in [0.25, 0.3) is 0 Å². The number of piperidine rings is 1. The Bertz CT molecular complexity index is 818. The van der Waals surface area contributed by atoms with Gasteiger partial charge >= 0.3 is 5.97 Å². The molecule has 130 valence electrons. The molecule has 1 N–H and O–H groups in total. The molecule has 1 saturated heterocycles. The number of carboxylic acids is 1. The van der Waals surface area contributed by atoms with E-state index < -0.39 is 27.4 Å². The Hall–Kier alpha value is -1.71. The molecular weight excluding hydrogens is 363 g/mol. The maximum absolute atomic E-state index is 13.2. The van der Waals surface area contributed by atoms with Gasteiger partial charge in [0, 0.05) is 32.4 Å². The summed E-state index contributed by atoms with van der Waals surface area (Å²) >= 11 is 5.65. The molecule has 7 nitrogen and oxygen atoms in total. The van der Waals surface area contributed by atoms with E-state index in [1.807, 2.05) is 0 Å². The van der Waals surface area contributed by atoms with Gasteiger partial charge in [-0.1, -0.05) is 16.8 Å². The number of sulfonamides is 1. The molecule has 1 fully saturated rings. The standard InChI is InChI=1S/C14H14ClFN2O5S/c15-10-7-9(1-2-11(10)16)24(21,22)18-5-3-14(4-6-18)8-12(13(19)20)17-23-14/h1-2,7H,3-6,8H2,(H,19,20). The van der Waals surface area contributed by atoms with Crippen LogP contribution < -0.4 is 0 Å². The molecule has 2 aliphatic rings. The Labute approximate surface area is 142 Å². The summed E-state index contributed by atoms with van der Waals surface area (Å²) in [7, 11) is -3.80. The van der Waals surface area contributed by atoms with Crippen LogP contribution in [0.3, 0.4) is 0 Å². The second-order valence-corrected chi connectivity index (χ2v) is 8.12. The van der Waals surface area contributed by atoms with Crippen molar-refractivity contribution in [1.82, 2.24) is 4.31 Å². The first-order chi connectivity index (χ1) is 11.2. The number of halogens is 2. The van der Waals surface area contributed by atoms with Gasteiger partial charge in [-0.15, -0.1) is 0 Å². The van der Waals surface area contributed by atoms with Gasteiger partial charge in [0.05, 0.1) is 9.92 Å². The summed E-state index contributed by atoms with van der Waals surface area (Å²) in [4.78, 5) is 16.1. The van der Waals surface area contributed by atoms with Gasteiger partial charge < -0.3 is 9.94 Å². The minimum absolute atomic E-state index is 0.0587. The fourth-order valence-electron chi connectivity index (χ4n) is 2.82. The van der Waals surface area contributed by atoms with Gasteiger partial charge in [-0.3, -0.25) is 0 Å². The number of hydrogen-bond acceptors (Lipinski definition) is 5. The summed E-state index contributed by atoms with van der Waals surface area (Å²) < 4.78 is 39.7. The number of carboxylic acid groups (broad SMARTS) is 1. The number of oxime groups is 1. The van der Waals surface area contributed by atoms with Gasteiger partial charge in [0.25, 0.3) is 0 Å². The average Bonchev–Trinajstić information content (AvgIpc) is 2.94. The monoisotopic (exact) mass is 376 g/mol. The molecule has 24 heavy (non-hydrogen) atoms. The van der Waals surface area contributed by atoms with E-state index in [0.29, 0.717) is 12.8 Å². The maximum Gasteiger partial charge on any atom is 0.353 e. The molecule has 1 aromatic carbocycles. The van der Waals surface area contributed by atoms with Crippen molar-refractivity contribution >= 4 is 33.3 Å². The highest BCUT2D eigenvalue weighted by molar-refractivity contribution is 7.89. The van der Waals surface area contributed by atoms with E-state index in [0.717, 1.165) is 12.1 Å². The molecule has 3 rings (SSSR count). The Morgan fingerprint density at radius 1 is 1.38 bits per heavy atom. The third-order valence-corrected chi connectivity index (χ3v) is 6.43. The second kappa shape index (κ2) is 5.98. The van der Waals surface area contributed by atoms with Crippen molar-refractivity contribution in [2.75, 3.05) is 13.1 Å². The highest BCUT2D eigenvalue weighted by Gasteiger charge is 2.45. The first-order valence-corrected chi connectivity index (χ1v) is 8.99. The van der Waals surface area contributed by atoms with Gasteiger partial charge in [0.15, 0.2) is 5.71 Å². The fourth-order valence-corrected chi connectivity index (χ4v) is 4.54. The number of aliphatic carboxylic acids is 1. The molecular formula is C14H14ClFN2O5S. The molecule has 0 atom stereocenters. The summed E-state index contributed by atoms with van der Waals surface area (Å²) in [5, 5.41) is 12.3. The highest BCUT2D eigenvalue weighted by atomic mass is 35.5. The lowest BCUT2D eigenvalue weighted by Crippen LogP contribution is -2.47. The lowest BCUT2D eigenvalue weighted by Gasteiger charge is -2.36. The molecule has 0 radical (unpaired) electrons. The van der Waals surface area contributed by atoms with E-state index in [1.54, 1.807) is 0 Å². The smallest absolute Gasteiger partial charge is 0.353 e. The van der Waals surface area contributed by atoms with E-state index in [1.165, 1.54) is 10.4 Å².